The molecule has 1 N–H and O–H groups in total. The molecule has 0 saturated heterocycles. The van der Waals surface area contributed by atoms with Crippen LogP contribution in [0.15, 0.2) is 45.9 Å². The second-order valence-corrected chi connectivity index (χ2v) is 7.06. The molecule has 0 aliphatic rings. The van der Waals surface area contributed by atoms with Crippen molar-refractivity contribution >= 4 is 21.6 Å². The topological polar surface area (TPSA) is 62.6 Å². The monoisotopic (exact) mass is 328 g/mol. The number of hydrogen-bond donors (Lipinski definition) is 1. The average molecular weight is 329 g/mol. The molecule has 1 aromatic heterocycles. The van der Waals surface area contributed by atoms with Gasteiger partial charge in [-0.25, -0.2) is 8.42 Å². The van der Waals surface area contributed by atoms with Gasteiger partial charge in [0.1, 0.15) is 10.7 Å². The Morgan fingerprint density at radius 1 is 1.33 bits per heavy atom. The van der Waals surface area contributed by atoms with Gasteiger partial charge in [0.2, 0.25) is 10.0 Å². The fraction of sp³-hybridized carbons (Fsp3) is 0.286. The Morgan fingerprint density at radius 2 is 2.10 bits per heavy atom. The van der Waals surface area contributed by atoms with E-state index in [9.17, 15) is 8.42 Å². The highest BCUT2D eigenvalue weighted by Gasteiger charge is 2.24. The summed E-state index contributed by atoms with van der Waals surface area (Å²) >= 11 is 6.06. The van der Waals surface area contributed by atoms with Crippen molar-refractivity contribution in [3.63, 3.8) is 0 Å². The first-order chi connectivity index (χ1) is 9.95. The molecule has 114 valence electrons. The summed E-state index contributed by atoms with van der Waals surface area (Å²) in [5.74, 6) is 0.573. The first-order valence-corrected chi connectivity index (χ1v) is 8.18. The fourth-order valence-corrected chi connectivity index (χ4v) is 3.59. The standard InChI is InChI=1S/C14H17ClN2O3S/c1-16-9-11-5-6-13(15)14(8-11)21(18,19)17(2)10-12-4-3-7-20-12/h3-8,16H,9-10H2,1-2H3. The van der Waals surface area contributed by atoms with E-state index >= 15 is 0 Å². The molecule has 0 bridgehead atoms. The smallest absolute Gasteiger partial charge is 0.244 e. The summed E-state index contributed by atoms with van der Waals surface area (Å²) in [5, 5.41) is 3.19. The zero-order chi connectivity index (χ0) is 15.5. The molecule has 0 amide bonds. The highest BCUT2D eigenvalue weighted by Crippen LogP contribution is 2.26. The van der Waals surface area contributed by atoms with Gasteiger partial charge in [0.25, 0.3) is 0 Å². The molecule has 0 radical (unpaired) electrons. The Labute approximate surface area is 129 Å². The maximum Gasteiger partial charge on any atom is 0.244 e. The molecule has 1 heterocycles. The Morgan fingerprint density at radius 3 is 2.71 bits per heavy atom. The lowest BCUT2D eigenvalue weighted by Gasteiger charge is -2.17. The third-order valence-electron chi connectivity index (χ3n) is 3.02. The zero-order valence-corrected chi connectivity index (χ0v) is 13.4. The van der Waals surface area contributed by atoms with Crippen molar-refractivity contribution in [1.82, 2.24) is 9.62 Å². The number of halogens is 1. The SMILES string of the molecule is CNCc1ccc(Cl)c(S(=O)(=O)N(C)Cc2ccco2)c1. The molecule has 2 aromatic rings. The van der Waals surface area contributed by atoms with Crippen LogP contribution in [0.1, 0.15) is 11.3 Å². The summed E-state index contributed by atoms with van der Waals surface area (Å²) in [6.07, 6.45) is 1.51. The number of furan rings is 1. The summed E-state index contributed by atoms with van der Waals surface area (Å²) in [7, 11) is -0.377. The van der Waals surface area contributed by atoms with Crippen LogP contribution in [0.3, 0.4) is 0 Å². The molecule has 7 heteroatoms. The van der Waals surface area contributed by atoms with Gasteiger partial charge < -0.3 is 9.73 Å². The van der Waals surface area contributed by atoms with Gasteiger partial charge in [-0.15, -0.1) is 0 Å². The minimum Gasteiger partial charge on any atom is -0.468 e. The van der Waals surface area contributed by atoms with Crippen LogP contribution in [-0.4, -0.2) is 26.8 Å². The lowest BCUT2D eigenvalue weighted by Crippen LogP contribution is -2.26. The number of sulfonamides is 1. The van der Waals surface area contributed by atoms with Crippen molar-refractivity contribution in [2.75, 3.05) is 14.1 Å². The summed E-state index contributed by atoms with van der Waals surface area (Å²) in [5.41, 5.74) is 0.854. The molecule has 0 atom stereocenters. The first-order valence-electron chi connectivity index (χ1n) is 6.37. The Hall–Kier alpha value is -1.34. The van der Waals surface area contributed by atoms with E-state index in [1.165, 1.54) is 17.6 Å². The number of rotatable bonds is 6. The summed E-state index contributed by atoms with van der Waals surface area (Å²) in [4.78, 5) is 0.103. The average Bonchev–Trinajstić information content (AvgIpc) is 2.94. The number of nitrogens with one attached hydrogen (secondary N) is 1. The first kappa shape index (κ1) is 16.0. The Balaban J connectivity index is 2.31. The fourth-order valence-electron chi connectivity index (χ4n) is 1.93. The van der Waals surface area contributed by atoms with Gasteiger partial charge >= 0.3 is 0 Å². The Bertz CT molecular complexity index is 699. The molecule has 0 saturated carbocycles. The van der Waals surface area contributed by atoms with Gasteiger partial charge in [0, 0.05) is 13.6 Å². The van der Waals surface area contributed by atoms with E-state index in [2.05, 4.69) is 5.32 Å². The number of hydrogen-bond acceptors (Lipinski definition) is 4. The van der Waals surface area contributed by atoms with Gasteiger partial charge in [0.05, 0.1) is 17.8 Å². The predicted molar refractivity (Wildman–Crippen MR) is 81.6 cm³/mol. The molecule has 0 aliphatic heterocycles. The molecule has 21 heavy (non-hydrogen) atoms. The largest absolute Gasteiger partial charge is 0.468 e. The minimum absolute atomic E-state index is 0.103. The van der Waals surface area contributed by atoms with Crippen LogP contribution < -0.4 is 5.32 Å². The molecule has 1 aromatic carbocycles. The van der Waals surface area contributed by atoms with Gasteiger partial charge in [0.15, 0.2) is 0 Å². The van der Waals surface area contributed by atoms with E-state index in [1.807, 2.05) is 0 Å². The minimum atomic E-state index is -3.67. The van der Waals surface area contributed by atoms with Crippen molar-refractivity contribution in [2.45, 2.75) is 18.0 Å². The molecule has 0 fully saturated rings. The molecule has 5 nitrogen and oxygen atoms in total. The van der Waals surface area contributed by atoms with E-state index in [-0.39, 0.29) is 16.5 Å². The van der Waals surface area contributed by atoms with Gasteiger partial charge in [-0.1, -0.05) is 17.7 Å². The molecule has 0 unspecified atom stereocenters. The van der Waals surface area contributed by atoms with Crippen molar-refractivity contribution in [3.05, 3.63) is 52.9 Å². The van der Waals surface area contributed by atoms with Crippen LogP contribution >= 0.6 is 11.6 Å². The van der Waals surface area contributed by atoms with E-state index in [0.717, 1.165) is 5.56 Å². The van der Waals surface area contributed by atoms with Crippen LogP contribution in [0.4, 0.5) is 0 Å². The van der Waals surface area contributed by atoms with Crippen molar-refractivity contribution in [3.8, 4) is 0 Å². The number of nitrogens with zero attached hydrogens (tertiary/aromatic N) is 1. The quantitative estimate of drug-likeness (QED) is 0.885. The third-order valence-corrected chi connectivity index (χ3v) is 5.31. The lowest BCUT2D eigenvalue weighted by molar-refractivity contribution is 0.406. The van der Waals surface area contributed by atoms with Crippen molar-refractivity contribution in [2.24, 2.45) is 0 Å². The molecule has 0 spiro atoms. The van der Waals surface area contributed by atoms with Gasteiger partial charge in [-0.2, -0.15) is 4.31 Å². The van der Waals surface area contributed by atoms with Crippen molar-refractivity contribution < 1.29 is 12.8 Å². The van der Waals surface area contributed by atoms with Crippen LogP contribution in [0.25, 0.3) is 0 Å². The van der Waals surface area contributed by atoms with E-state index < -0.39 is 10.0 Å². The summed E-state index contributed by atoms with van der Waals surface area (Å²) in [6, 6.07) is 8.43. The molecule has 0 aliphatic carbocycles. The predicted octanol–water partition coefficient (Wildman–Crippen LogP) is 2.47. The normalized spacial score (nSPS) is 12.0. The maximum absolute atomic E-state index is 12.6. The number of benzene rings is 1. The summed E-state index contributed by atoms with van der Waals surface area (Å²) in [6.45, 7) is 0.726. The maximum atomic E-state index is 12.6. The van der Waals surface area contributed by atoms with Crippen LogP contribution in [-0.2, 0) is 23.1 Å². The van der Waals surface area contributed by atoms with E-state index in [4.69, 9.17) is 16.0 Å². The lowest BCUT2D eigenvalue weighted by atomic mass is 10.2. The highest BCUT2D eigenvalue weighted by molar-refractivity contribution is 7.89. The highest BCUT2D eigenvalue weighted by atomic mass is 35.5. The molecule has 2 rings (SSSR count). The van der Waals surface area contributed by atoms with Gasteiger partial charge in [-0.05, 0) is 36.9 Å². The Kier molecular flexibility index (Phi) is 5.05. The van der Waals surface area contributed by atoms with Crippen LogP contribution in [0, 0.1) is 0 Å². The van der Waals surface area contributed by atoms with Crippen molar-refractivity contribution in [1.29, 1.82) is 0 Å². The zero-order valence-electron chi connectivity index (χ0n) is 11.8. The molecular formula is C14H17ClN2O3S. The van der Waals surface area contributed by atoms with Crippen LogP contribution in [0.5, 0.6) is 0 Å². The second-order valence-electron chi connectivity index (χ2n) is 4.64. The summed E-state index contributed by atoms with van der Waals surface area (Å²) < 4.78 is 31.6. The molecular weight excluding hydrogens is 312 g/mol. The van der Waals surface area contributed by atoms with E-state index in [0.29, 0.717) is 12.3 Å². The third kappa shape index (κ3) is 3.65. The van der Waals surface area contributed by atoms with Gasteiger partial charge in [-0.3, -0.25) is 0 Å². The second kappa shape index (κ2) is 6.62. The van der Waals surface area contributed by atoms with E-state index in [1.54, 1.807) is 37.4 Å². The van der Waals surface area contributed by atoms with Crippen LogP contribution in [0.2, 0.25) is 5.02 Å².